The Hall–Kier alpha value is -0.820. The molecule has 0 amide bonds. The molecular weight excluding hydrogens is 206 g/mol. The van der Waals surface area contributed by atoms with Crippen LogP contribution in [0.4, 0.5) is 0 Å². The maximum absolute atomic E-state index is 3.68. The minimum atomic E-state index is 0.737. The molecule has 2 aliphatic rings. The first-order valence-electron chi connectivity index (χ1n) is 7.06. The van der Waals surface area contributed by atoms with Gasteiger partial charge in [0.15, 0.2) is 0 Å². The predicted molar refractivity (Wildman–Crippen MR) is 72.3 cm³/mol. The number of hydrogen-bond acceptors (Lipinski definition) is 1. The Labute approximate surface area is 105 Å². The van der Waals surface area contributed by atoms with E-state index in [9.17, 15) is 0 Å². The first kappa shape index (κ1) is 11.3. The highest BCUT2D eigenvalue weighted by Gasteiger charge is 2.51. The molecule has 92 valence electrons. The highest BCUT2D eigenvalue weighted by Crippen LogP contribution is 2.56. The lowest BCUT2D eigenvalue weighted by Gasteiger charge is -2.55. The van der Waals surface area contributed by atoms with Crippen molar-refractivity contribution in [3.05, 3.63) is 35.4 Å². The van der Waals surface area contributed by atoms with Crippen molar-refractivity contribution < 1.29 is 0 Å². The average Bonchev–Trinajstić information content (AvgIpc) is 2.35. The van der Waals surface area contributed by atoms with Crippen LogP contribution in [0.1, 0.15) is 50.2 Å². The van der Waals surface area contributed by atoms with Crippen LogP contribution in [0.15, 0.2) is 24.3 Å². The van der Waals surface area contributed by atoms with Crippen LogP contribution in [-0.4, -0.2) is 12.6 Å². The molecule has 0 saturated heterocycles. The fourth-order valence-corrected chi connectivity index (χ4v) is 4.26. The molecule has 1 saturated carbocycles. The molecule has 0 radical (unpaired) electrons. The monoisotopic (exact) mass is 229 g/mol. The van der Waals surface area contributed by atoms with E-state index in [1.54, 1.807) is 11.1 Å². The van der Waals surface area contributed by atoms with Crippen molar-refractivity contribution >= 4 is 0 Å². The zero-order valence-corrected chi connectivity index (χ0v) is 11.1. The van der Waals surface area contributed by atoms with Crippen molar-refractivity contribution in [2.45, 2.75) is 45.1 Å². The SMILES string of the molecule is CCNC1C(C)C2c3ccccc3C(C)CC12. The Morgan fingerprint density at radius 1 is 1.18 bits per heavy atom. The van der Waals surface area contributed by atoms with E-state index in [4.69, 9.17) is 0 Å². The standard InChI is InChI=1S/C16H23N/c1-4-17-16-11(3)15-13-8-6-5-7-12(13)10(2)9-14(15)16/h5-8,10-11,14-17H,4,9H2,1-3H3. The van der Waals surface area contributed by atoms with Gasteiger partial charge < -0.3 is 5.32 Å². The summed E-state index contributed by atoms with van der Waals surface area (Å²) in [5.74, 6) is 3.22. The summed E-state index contributed by atoms with van der Waals surface area (Å²) < 4.78 is 0. The first-order valence-corrected chi connectivity index (χ1v) is 7.06. The van der Waals surface area contributed by atoms with E-state index in [2.05, 4.69) is 50.4 Å². The molecular formula is C16H23N. The van der Waals surface area contributed by atoms with Gasteiger partial charge in [0.25, 0.3) is 0 Å². The van der Waals surface area contributed by atoms with Gasteiger partial charge in [-0.3, -0.25) is 0 Å². The fourth-order valence-electron chi connectivity index (χ4n) is 4.26. The van der Waals surface area contributed by atoms with Crippen LogP contribution in [0, 0.1) is 11.8 Å². The van der Waals surface area contributed by atoms with Crippen LogP contribution in [0.2, 0.25) is 0 Å². The molecule has 5 unspecified atom stereocenters. The number of benzene rings is 1. The lowest BCUT2D eigenvalue weighted by atomic mass is 9.52. The first-order chi connectivity index (χ1) is 8.24. The maximum atomic E-state index is 3.68. The highest BCUT2D eigenvalue weighted by molar-refractivity contribution is 5.40. The normalized spacial score (nSPS) is 39.1. The molecule has 1 aromatic rings. The van der Waals surface area contributed by atoms with Gasteiger partial charge >= 0.3 is 0 Å². The quantitative estimate of drug-likeness (QED) is 0.818. The molecule has 0 aliphatic heterocycles. The van der Waals surface area contributed by atoms with Gasteiger partial charge in [0.05, 0.1) is 0 Å². The van der Waals surface area contributed by atoms with E-state index in [1.807, 2.05) is 0 Å². The largest absolute Gasteiger partial charge is 0.314 e. The molecule has 0 aromatic heterocycles. The smallest absolute Gasteiger partial charge is 0.0133 e. The van der Waals surface area contributed by atoms with Crippen molar-refractivity contribution in [1.82, 2.24) is 5.32 Å². The molecule has 0 heterocycles. The minimum Gasteiger partial charge on any atom is -0.314 e. The molecule has 0 bridgehead atoms. The zero-order valence-electron chi connectivity index (χ0n) is 11.1. The van der Waals surface area contributed by atoms with Gasteiger partial charge in [-0.25, -0.2) is 0 Å². The summed E-state index contributed by atoms with van der Waals surface area (Å²) in [6, 6.07) is 9.85. The molecule has 1 heteroatoms. The van der Waals surface area contributed by atoms with Gasteiger partial charge in [0.1, 0.15) is 0 Å². The summed E-state index contributed by atoms with van der Waals surface area (Å²) in [4.78, 5) is 0. The topological polar surface area (TPSA) is 12.0 Å². The Bertz CT molecular complexity index is 412. The highest BCUT2D eigenvalue weighted by atomic mass is 15.0. The summed E-state index contributed by atoms with van der Waals surface area (Å²) >= 11 is 0. The molecule has 1 aromatic carbocycles. The van der Waals surface area contributed by atoms with Gasteiger partial charge in [-0.2, -0.15) is 0 Å². The molecule has 3 rings (SSSR count). The van der Waals surface area contributed by atoms with E-state index in [-0.39, 0.29) is 0 Å². The molecule has 1 fully saturated rings. The Balaban J connectivity index is 1.93. The predicted octanol–water partition coefficient (Wildman–Crippen LogP) is 3.52. The van der Waals surface area contributed by atoms with E-state index in [1.165, 1.54) is 6.42 Å². The van der Waals surface area contributed by atoms with Gasteiger partial charge in [-0.05, 0) is 47.8 Å². The lowest BCUT2D eigenvalue weighted by Crippen LogP contribution is -2.57. The second kappa shape index (κ2) is 4.13. The third-order valence-corrected chi connectivity index (χ3v) is 5.01. The average molecular weight is 229 g/mol. The van der Waals surface area contributed by atoms with Crippen molar-refractivity contribution in [2.75, 3.05) is 6.54 Å². The van der Waals surface area contributed by atoms with E-state index >= 15 is 0 Å². The van der Waals surface area contributed by atoms with Crippen LogP contribution in [0.3, 0.4) is 0 Å². The number of hydrogen-bond donors (Lipinski definition) is 1. The molecule has 17 heavy (non-hydrogen) atoms. The molecule has 2 aliphatic carbocycles. The van der Waals surface area contributed by atoms with Crippen LogP contribution in [0.5, 0.6) is 0 Å². The van der Waals surface area contributed by atoms with Crippen LogP contribution < -0.4 is 5.32 Å². The van der Waals surface area contributed by atoms with E-state index in [0.717, 1.165) is 36.3 Å². The van der Waals surface area contributed by atoms with Crippen LogP contribution in [-0.2, 0) is 0 Å². The summed E-state index contributed by atoms with van der Waals surface area (Å²) in [5.41, 5.74) is 3.24. The third kappa shape index (κ3) is 1.55. The Morgan fingerprint density at radius 2 is 1.88 bits per heavy atom. The van der Waals surface area contributed by atoms with Gasteiger partial charge in [-0.15, -0.1) is 0 Å². The third-order valence-electron chi connectivity index (χ3n) is 5.01. The van der Waals surface area contributed by atoms with Crippen LogP contribution >= 0.6 is 0 Å². The second-order valence-corrected chi connectivity index (χ2v) is 5.90. The van der Waals surface area contributed by atoms with E-state index in [0.29, 0.717) is 0 Å². The Morgan fingerprint density at radius 3 is 2.59 bits per heavy atom. The van der Waals surface area contributed by atoms with Gasteiger partial charge in [0.2, 0.25) is 0 Å². The second-order valence-electron chi connectivity index (χ2n) is 5.90. The number of rotatable bonds is 2. The molecule has 5 atom stereocenters. The molecule has 0 spiro atoms. The summed E-state index contributed by atoms with van der Waals surface area (Å²) in [6.07, 6.45) is 1.36. The van der Waals surface area contributed by atoms with Gasteiger partial charge in [0, 0.05) is 6.04 Å². The number of nitrogens with one attached hydrogen (secondary N) is 1. The zero-order chi connectivity index (χ0) is 12.0. The van der Waals surface area contributed by atoms with Crippen molar-refractivity contribution in [2.24, 2.45) is 11.8 Å². The molecule has 1 nitrogen and oxygen atoms in total. The van der Waals surface area contributed by atoms with Crippen LogP contribution in [0.25, 0.3) is 0 Å². The fraction of sp³-hybridized carbons (Fsp3) is 0.625. The Kier molecular flexibility index (Phi) is 2.74. The summed E-state index contributed by atoms with van der Waals surface area (Å²) in [6.45, 7) is 8.14. The van der Waals surface area contributed by atoms with Crippen molar-refractivity contribution in [3.63, 3.8) is 0 Å². The van der Waals surface area contributed by atoms with Crippen molar-refractivity contribution in [3.8, 4) is 0 Å². The van der Waals surface area contributed by atoms with Gasteiger partial charge in [-0.1, -0.05) is 45.0 Å². The minimum absolute atomic E-state index is 0.737. The maximum Gasteiger partial charge on any atom is 0.0133 e. The number of fused-ring (bicyclic) bond motifs is 3. The summed E-state index contributed by atoms with van der Waals surface area (Å²) in [5, 5.41) is 3.68. The van der Waals surface area contributed by atoms with Crippen molar-refractivity contribution in [1.29, 1.82) is 0 Å². The lowest BCUT2D eigenvalue weighted by molar-refractivity contribution is 0.0606. The van der Waals surface area contributed by atoms with E-state index < -0.39 is 0 Å². The molecule has 1 N–H and O–H groups in total. The summed E-state index contributed by atoms with van der Waals surface area (Å²) in [7, 11) is 0.